The van der Waals surface area contributed by atoms with Crippen molar-refractivity contribution in [2.45, 2.75) is 26.2 Å². The molecule has 15 heavy (non-hydrogen) atoms. The molecule has 0 aromatic heterocycles. The van der Waals surface area contributed by atoms with E-state index in [2.05, 4.69) is 0 Å². The summed E-state index contributed by atoms with van der Waals surface area (Å²) in [5, 5.41) is 0. The van der Waals surface area contributed by atoms with Crippen LogP contribution >= 0.6 is 0 Å². The summed E-state index contributed by atoms with van der Waals surface area (Å²) in [6.45, 7) is 2.06. The Morgan fingerprint density at radius 1 is 1.33 bits per heavy atom. The van der Waals surface area contributed by atoms with Gasteiger partial charge >= 0.3 is 0 Å². The lowest BCUT2D eigenvalue weighted by atomic mass is 9.99. The molecule has 0 radical (unpaired) electrons. The summed E-state index contributed by atoms with van der Waals surface area (Å²) in [6, 6.07) is 7.94. The molecule has 3 heteroatoms. The number of alkyl halides is 2. The zero-order chi connectivity index (χ0) is 11.3. The Kier molecular flexibility index (Phi) is 4.69. The molecule has 1 unspecified atom stereocenters. The second-order valence-electron chi connectivity index (χ2n) is 3.86. The lowest BCUT2D eigenvalue weighted by Gasteiger charge is -2.13. The predicted octanol–water partition coefficient (Wildman–Crippen LogP) is 2.77. The van der Waals surface area contributed by atoms with Gasteiger partial charge in [-0.3, -0.25) is 0 Å². The first-order valence-corrected chi connectivity index (χ1v) is 5.17. The average Bonchev–Trinajstić information content (AvgIpc) is 2.18. The van der Waals surface area contributed by atoms with Gasteiger partial charge in [0.2, 0.25) is 6.43 Å². The Morgan fingerprint density at radius 2 is 2.07 bits per heavy atom. The molecular weight excluding hydrogens is 196 g/mol. The van der Waals surface area contributed by atoms with Crippen molar-refractivity contribution in [1.29, 1.82) is 0 Å². The lowest BCUT2D eigenvalue weighted by Crippen LogP contribution is -2.22. The molecule has 0 heterocycles. The monoisotopic (exact) mass is 213 g/mol. The van der Waals surface area contributed by atoms with Gasteiger partial charge in [-0.15, -0.1) is 0 Å². The minimum Gasteiger partial charge on any atom is -0.330 e. The van der Waals surface area contributed by atoms with Crippen molar-refractivity contribution < 1.29 is 8.78 Å². The summed E-state index contributed by atoms with van der Waals surface area (Å²) in [4.78, 5) is 0. The largest absolute Gasteiger partial charge is 0.330 e. The Balaban J connectivity index is 2.49. The third-order valence-corrected chi connectivity index (χ3v) is 2.55. The lowest BCUT2D eigenvalue weighted by molar-refractivity contribution is 0.0769. The van der Waals surface area contributed by atoms with E-state index in [0.717, 1.165) is 11.1 Å². The third-order valence-electron chi connectivity index (χ3n) is 2.55. The van der Waals surface area contributed by atoms with E-state index in [1.165, 1.54) is 0 Å². The van der Waals surface area contributed by atoms with E-state index >= 15 is 0 Å². The van der Waals surface area contributed by atoms with Crippen molar-refractivity contribution >= 4 is 0 Å². The highest BCUT2D eigenvalue weighted by atomic mass is 19.3. The van der Waals surface area contributed by atoms with Gasteiger partial charge in [-0.1, -0.05) is 29.8 Å². The van der Waals surface area contributed by atoms with Gasteiger partial charge in [-0.25, -0.2) is 8.78 Å². The number of nitrogens with two attached hydrogens (primary N) is 1. The van der Waals surface area contributed by atoms with Crippen molar-refractivity contribution in [3.8, 4) is 0 Å². The first-order chi connectivity index (χ1) is 7.13. The molecule has 0 saturated carbocycles. The summed E-state index contributed by atoms with van der Waals surface area (Å²) >= 11 is 0. The highest BCUT2D eigenvalue weighted by Crippen LogP contribution is 2.16. The molecule has 2 N–H and O–H groups in total. The second-order valence-corrected chi connectivity index (χ2v) is 3.86. The van der Waals surface area contributed by atoms with Crippen molar-refractivity contribution in [1.82, 2.24) is 0 Å². The SMILES string of the molecule is Cc1cccc(CCC(CN)C(F)F)c1. The summed E-state index contributed by atoms with van der Waals surface area (Å²) in [5.74, 6) is -0.675. The van der Waals surface area contributed by atoms with Crippen LogP contribution in [0.15, 0.2) is 24.3 Å². The average molecular weight is 213 g/mol. The van der Waals surface area contributed by atoms with E-state index in [-0.39, 0.29) is 6.54 Å². The number of hydrogen-bond acceptors (Lipinski definition) is 1. The first kappa shape index (κ1) is 12.1. The zero-order valence-electron chi connectivity index (χ0n) is 8.92. The Labute approximate surface area is 89.3 Å². The molecule has 0 fully saturated rings. The fraction of sp³-hybridized carbons (Fsp3) is 0.500. The molecule has 0 saturated heterocycles. The molecule has 0 bridgehead atoms. The topological polar surface area (TPSA) is 26.0 Å². The molecule has 0 aliphatic carbocycles. The normalized spacial score (nSPS) is 13.1. The van der Waals surface area contributed by atoms with E-state index in [9.17, 15) is 8.78 Å². The van der Waals surface area contributed by atoms with E-state index in [0.29, 0.717) is 12.8 Å². The minimum atomic E-state index is -2.31. The maximum absolute atomic E-state index is 12.4. The highest BCUT2D eigenvalue weighted by molar-refractivity contribution is 5.22. The second kappa shape index (κ2) is 5.81. The molecule has 1 nitrogen and oxygen atoms in total. The van der Waals surface area contributed by atoms with E-state index in [1.54, 1.807) is 0 Å². The predicted molar refractivity (Wildman–Crippen MR) is 58.0 cm³/mol. The summed E-state index contributed by atoms with van der Waals surface area (Å²) in [5.41, 5.74) is 7.55. The van der Waals surface area contributed by atoms with Crippen LogP contribution in [0, 0.1) is 12.8 Å². The molecule has 1 aromatic rings. The van der Waals surface area contributed by atoms with Crippen LogP contribution in [0.2, 0.25) is 0 Å². The quantitative estimate of drug-likeness (QED) is 0.799. The van der Waals surface area contributed by atoms with Crippen molar-refractivity contribution in [2.24, 2.45) is 11.7 Å². The number of hydrogen-bond donors (Lipinski definition) is 1. The van der Waals surface area contributed by atoms with Crippen LogP contribution in [0.25, 0.3) is 0 Å². The van der Waals surface area contributed by atoms with Crippen LogP contribution in [0.5, 0.6) is 0 Å². The van der Waals surface area contributed by atoms with Gasteiger partial charge in [-0.05, 0) is 25.3 Å². The Bertz CT molecular complexity index is 299. The van der Waals surface area contributed by atoms with Gasteiger partial charge in [-0.2, -0.15) is 0 Å². The molecule has 0 aliphatic heterocycles. The van der Waals surface area contributed by atoms with Gasteiger partial charge in [0.15, 0.2) is 0 Å². The van der Waals surface area contributed by atoms with Gasteiger partial charge in [0.05, 0.1) is 0 Å². The van der Waals surface area contributed by atoms with E-state index < -0.39 is 12.3 Å². The van der Waals surface area contributed by atoms with Gasteiger partial charge in [0.1, 0.15) is 0 Å². The molecule has 1 rings (SSSR count). The van der Waals surface area contributed by atoms with Crippen LogP contribution in [0.4, 0.5) is 8.78 Å². The van der Waals surface area contributed by atoms with Gasteiger partial charge < -0.3 is 5.73 Å². The maximum Gasteiger partial charge on any atom is 0.242 e. The van der Waals surface area contributed by atoms with Crippen LogP contribution < -0.4 is 5.73 Å². The van der Waals surface area contributed by atoms with Crippen LogP contribution in [0.3, 0.4) is 0 Å². The van der Waals surface area contributed by atoms with Crippen molar-refractivity contribution in [3.05, 3.63) is 35.4 Å². The molecular formula is C12H17F2N. The Hall–Kier alpha value is -0.960. The Morgan fingerprint density at radius 3 is 2.60 bits per heavy atom. The molecule has 1 atom stereocenters. The van der Waals surface area contributed by atoms with Crippen LogP contribution in [0.1, 0.15) is 17.5 Å². The number of aryl methyl sites for hydroxylation is 2. The van der Waals surface area contributed by atoms with Crippen LogP contribution in [-0.4, -0.2) is 13.0 Å². The van der Waals surface area contributed by atoms with Gasteiger partial charge in [0.25, 0.3) is 0 Å². The fourth-order valence-electron chi connectivity index (χ4n) is 1.57. The minimum absolute atomic E-state index is 0.0590. The van der Waals surface area contributed by atoms with E-state index in [4.69, 9.17) is 5.73 Å². The standard InChI is InChI=1S/C12H17F2N/c1-9-3-2-4-10(7-9)5-6-11(8-15)12(13)14/h2-4,7,11-12H,5-6,8,15H2,1H3. The number of halogens is 2. The third kappa shape index (κ3) is 3.96. The number of rotatable bonds is 5. The molecule has 1 aromatic carbocycles. The smallest absolute Gasteiger partial charge is 0.242 e. The fourth-order valence-corrected chi connectivity index (χ4v) is 1.57. The maximum atomic E-state index is 12.4. The number of benzene rings is 1. The molecule has 0 spiro atoms. The zero-order valence-corrected chi connectivity index (χ0v) is 8.92. The van der Waals surface area contributed by atoms with E-state index in [1.807, 2.05) is 31.2 Å². The van der Waals surface area contributed by atoms with Crippen molar-refractivity contribution in [3.63, 3.8) is 0 Å². The molecule has 0 amide bonds. The van der Waals surface area contributed by atoms with Gasteiger partial charge in [0, 0.05) is 12.5 Å². The first-order valence-electron chi connectivity index (χ1n) is 5.17. The van der Waals surface area contributed by atoms with Crippen molar-refractivity contribution in [2.75, 3.05) is 6.54 Å². The summed E-state index contributed by atoms with van der Waals surface area (Å²) in [6.07, 6.45) is -1.18. The summed E-state index contributed by atoms with van der Waals surface area (Å²) in [7, 11) is 0. The molecule has 84 valence electrons. The molecule has 0 aliphatic rings. The van der Waals surface area contributed by atoms with Crippen LogP contribution in [-0.2, 0) is 6.42 Å². The highest BCUT2D eigenvalue weighted by Gasteiger charge is 2.17. The summed E-state index contributed by atoms with van der Waals surface area (Å²) < 4.78 is 24.8.